The minimum atomic E-state index is -4.65. The van der Waals surface area contributed by atoms with Crippen LogP contribution < -0.4 is 0 Å². The number of alkyl halides is 3. The fourth-order valence-electron chi connectivity index (χ4n) is 4.20. The highest BCUT2D eigenvalue weighted by Gasteiger charge is 2.38. The Morgan fingerprint density at radius 3 is 2.55 bits per heavy atom. The molecule has 1 aliphatic heterocycles. The van der Waals surface area contributed by atoms with Crippen LogP contribution in [0, 0.1) is 5.92 Å². The Morgan fingerprint density at radius 2 is 2.00 bits per heavy atom. The molecule has 0 atom stereocenters. The fraction of sp³-hybridized carbons (Fsp3) is 0.571. The van der Waals surface area contributed by atoms with Crippen LogP contribution in [-0.4, -0.2) is 56.7 Å². The summed E-state index contributed by atoms with van der Waals surface area (Å²) >= 11 is 6.34. The molecular formula is C21H24ClF3N4O2. The Kier molecular flexibility index (Phi) is 5.66. The van der Waals surface area contributed by atoms with Crippen LogP contribution in [0.25, 0.3) is 5.65 Å². The molecule has 31 heavy (non-hydrogen) atoms. The second-order valence-electron chi connectivity index (χ2n) is 8.70. The third kappa shape index (κ3) is 4.12. The van der Waals surface area contributed by atoms with Crippen molar-refractivity contribution in [3.63, 3.8) is 0 Å². The average Bonchev–Trinajstić information content (AvgIpc) is 2.96. The van der Waals surface area contributed by atoms with Gasteiger partial charge < -0.3 is 9.80 Å². The van der Waals surface area contributed by atoms with Gasteiger partial charge in [-0.3, -0.25) is 14.0 Å². The summed E-state index contributed by atoms with van der Waals surface area (Å²) in [5, 5.41) is -0.176. The van der Waals surface area contributed by atoms with Gasteiger partial charge in [0.1, 0.15) is 11.7 Å². The summed E-state index contributed by atoms with van der Waals surface area (Å²) in [6, 6.07) is 1.30. The van der Waals surface area contributed by atoms with Crippen LogP contribution in [-0.2, 0) is 17.4 Å². The maximum absolute atomic E-state index is 13.7. The summed E-state index contributed by atoms with van der Waals surface area (Å²) in [4.78, 5) is 32.6. The maximum atomic E-state index is 13.7. The first-order valence-corrected chi connectivity index (χ1v) is 10.8. The standard InChI is InChI=1S/C21H24ClF3N4O2/c1-12(2)8-13-9-15(21(23,24)25)19-26-17(18(22)29(19)10-13)20(31)27-6-7-28(16(30)11-27)14-4-3-5-14/h9-10,12,14H,3-8,11H2,1-2H3. The predicted octanol–water partition coefficient (Wildman–Crippen LogP) is 4.04. The second kappa shape index (κ2) is 8.00. The molecule has 0 bridgehead atoms. The van der Waals surface area contributed by atoms with E-state index in [0.29, 0.717) is 25.1 Å². The first-order valence-electron chi connectivity index (χ1n) is 10.4. The molecule has 0 spiro atoms. The third-order valence-electron chi connectivity index (χ3n) is 5.93. The van der Waals surface area contributed by atoms with Gasteiger partial charge in [-0.15, -0.1) is 0 Å². The molecule has 0 N–H and O–H groups in total. The number of hydrogen-bond donors (Lipinski definition) is 0. The van der Waals surface area contributed by atoms with Gasteiger partial charge in [0.15, 0.2) is 11.3 Å². The SMILES string of the molecule is CC(C)Cc1cc(C(F)(F)F)c2nc(C(=O)N3CCN(C4CCC4)C(=O)C3)c(Cl)n2c1. The first-order chi connectivity index (χ1) is 14.6. The molecule has 168 valence electrons. The van der Waals surface area contributed by atoms with Gasteiger partial charge in [-0.1, -0.05) is 25.4 Å². The first kappa shape index (κ1) is 21.9. The van der Waals surface area contributed by atoms with Gasteiger partial charge in [-0.05, 0) is 43.2 Å². The van der Waals surface area contributed by atoms with Crippen LogP contribution in [0.4, 0.5) is 13.2 Å². The summed E-state index contributed by atoms with van der Waals surface area (Å²) in [6.45, 7) is 4.40. The van der Waals surface area contributed by atoms with Crippen molar-refractivity contribution in [3.05, 3.63) is 34.2 Å². The Bertz CT molecular complexity index is 1030. The number of fused-ring (bicyclic) bond motifs is 1. The Morgan fingerprint density at radius 1 is 1.29 bits per heavy atom. The van der Waals surface area contributed by atoms with E-state index in [1.54, 1.807) is 4.90 Å². The van der Waals surface area contributed by atoms with E-state index in [1.165, 1.54) is 11.1 Å². The van der Waals surface area contributed by atoms with Gasteiger partial charge in [0, 0.05) is 25.3 Å². The molecule has 3 heterocycles. The van der Waals surface area contributed by atoms with Gasteiger partial charge in [-0.25, -0.2) is 4.98 Å². The molecule has 1 saturated carbocycles. The molecule has 2 amide bonds. The van der Waals surface area contributed by atoms with Crippen molar-refractivity contribution in [1.29, 1.82) is 0 Å². The van der Waals surface area contributed by atoms with E-state index in [0.717, 1.165) is 29.7 Å². The molecule has 1 aliphatic carbocycles. The summed E-state index contributed by atoms with van der Waals surface area (Å²) < 4.78 is 42.2. The van der Waals surface area contributed by atoms with E-state index in [2.05, 4.69) is 4.98 Å². The van der Waals surface area contributed by atoms with Crippen molar-refractivity contribution in [2.75, 3.05) is 19.6 Å². The number of halogens is 4. The molecular weight excluding hydrogens is 433 g/mol. The predicted molar refractivity (Wildman–Crippen MR) is 109 cm³/mol. The highest BCUT2D eigenvalue weighted by Crippen LogP contribution is 2.35. The number of carbonyl (C=O) groups is 2. The van der Waals surface area contributed by atoms with E-state index in [4.69, 9.17) is 11.6 Å². The largest absolute Gasteiger partial charge is 0.419 e. The van der Waals surface area contributed by atoms with Crippen LogP contribution in [0.2, 0.25) is 5.15 Å². The highest BCUT2D eigenvalue weighted by molar-refractivity contribution is 6.33. The van der Waals surface area contributed by atoms with Crippen LogP contribution in [0.5, 0.6) is 0 Å². The van der Waals surface area contributed by atoms with Gasteiger partial charge in [0.05, 0.1) is 5.56 Å². The smallest absolute Gasteiger partial charge is 0.336 e. The lowest BCUT2D eigenvalue weighted by Crippen LogP contribution is -2.56. The van der Waals surface area contributed by atoms with Gasteiger partial charge >= 0.3 is 6.18 Å². The number of nitrogens with zero attached hydrogens (tertiary/aromatic N) is 4. The lowest BCUT2D eigenvalue weighted by molar-refractivity contribution is -0.139. The van der Waals surface area contributed by atoms with Gasteiger partial charge in [0.2, 0.25) is 5.91 Å². The zero-order chi connectivity index (χ0) is 22.5. The quantitative estimate of drug-likeness (QED) is 0.697. The van der Waals surface area contributed by atoms with Crippen molar-refractivity contribution in [3.8, 4) is 0 Å². The molecule has 0 aromatic carbocycles. The van der Waals surface area contributed by atoms with Crippen molar-refractivity contribution in [2.24, 2.45) is 5.92 Å². The molecule has 10 heteroatoms. The van der Waals surface area contributed by atoms with Crippen LogP contribution in [0.3, 0.4) is 0 Å². The normalized spacial score (nSPS) is 18.2. The maximum Gasteiger partial charge on any atom is 0.419 e. The minimum absolute atomic E-state index is 0.121. The van der Waals surface area contributed by atoms with Crippen molar-refractivity contribution in [1.82, 2.24) is 19.2 Å². The van der Waals surface area contributed by atoms with E-state index >= 15 is 0 Å². The average molecular weight is 457 g/mol. The number of carbonyl (C=O) groups excluding carboxylic acids is 2. The zero-order valence-electron chi connectivity index (χ0n) is 17.4. The lowest BCUT2D eigenvalue weighted by Gasteiger charge is -2.42. The third-order valence-corrected chi connectivity index (χ3v) is 6.29. The van der Waals surface area contributed by atoms with Crippen LogP contribution in [0.1, 0.15) is 54.7 Å². The molecule has 2 aliphatic rings. The van der Waals surface area contributed by atoms with Crippen LogP contribution in [0.15, 0.2) is 12.3 Å². The topological polar surface area (TPSA) is 57.9 Å². The number of amides is 2. The fourth-order valence-corrected chi connectivity index (χ4v) is 4.45. The Labute approximate surface area is 183 Å². The lowest BCUT2D eigenvalue weighted by atomic mass is 9.91. The van der Waals surface area contributed by atoms with E-state index in [1.807, 2.05) is 13.8 Å². The number of rotatable bonds is 4. The molecule has 0 unspecified atom stereocenters. The van der Waals surface area contributed by atoms with Gasteiger partial charge in [-0.2, -0.15) is 13.2 Å². The minimum Gasteiger partial charge on any atom is -0.336 e. The zero-order valence-corrected chi connectivity index (χ0v) is 18.1. The number of imidazole rings is 1. The van der Waals surface area contributed by atoms with E-state index in [9.17, 15) is 22.8 Å². The molecule has 1 saturated heterocycles. The summed E-state index contributed by atoms with van der Waals surface area (Å²) in [6.07, 6.45) is 0.306. The number of hydrogen-bond acceptors (Lipinski definition) is 3. The Balaban J connectivity index is 1.67. The molecule has 6 nitrogen and oxygen atoms in total. The van der Waals surface area contributed by atoms with E-state index in [-0.39, 0.29) is 35.3 Å². The monoisotopic (exact) mass is 456 g/mol. The molecule has 4 rings (SSSR count). The summed E-state index contributed by atoms with van der Waals surface area (Å²) in [5.41, 5.74) is -1.15. The van der Waals surface area contributed by atoms with E-state index < -0.39 is 23.3 Å². The Hall–Kier alpha value is -2.29. The van der Waals surface area contributed by atoms with Crippen molar-refractivity contribution < 1.29 is 22.8 Å². The number of piperazine rings is 1. The van der Waals surface area contributed by atoms with Crippen molar-refractivity contribution in [2.45, 2.75) is 51.7 Å². The second-order valence-corrected chi connectivity index (χ2v) is 9.06. The molecule has 2 aromatic heterocycles. The number of pyridine rings is 1. The summed E-state index contributed by atoms with van der Waals surface area (Å²) in [7, 11) is 0. The highest BCUT2D eigenvalue weighted by atomic mass is 35.5. The summed E-state index contributed by atoms with van der Waals surface area (Å²) in [5.74, 6) is -0.645. The van der Waals surface area contributed by atoms with Gasteiger partial charge in [0.25, 0.3) is 5.91 Å². The van der Waals surface area contributed by atoms with Crippen LogP contribution >= 0.6 is 11.6 Å². The van der Waals surface area contributed by atoms with Crippen molar-refractivity contribution >= 4 is 29.1 Å². The molecule has 0 radical (unpaired) electrons. The molecule has 2 fully saturated rings. The number of aromatic nitrogens is 2. The molecule has 2 aromatic rings.